The molecule has 3 atom stereocenters. The first-order chi connectivity index (χ1) is 8.28. The van der Waals surface area contributed by atoms with E-state index in [-0.39, 0.29) is 6.04 Å². The van der Waals surface area contributed by atoms with E-state index in [2.05, 4.69) is 18.2 Å². The number of benzene rings is 1. The Morgan fingerprint density at radius 1 is 1.29 bits per heavy atom. The van der Waals surface area contributed by atoms with Gasteiger partial charge in [0.05, 0.1) is 6.61 Å². The molecule has 17 heavy (non-hydrogen) atoms. The molecular formula is C15H21NO. The van der Waals surface area contributed by atoms with Crippen LogP contribution in [0, 0.1) is 17.8 Å². The van der Waals surface area contributed by atoms with Crippen LogP contribution in [0.1, 0.15) is 37.8 Å². The van der Waals surface area contributed by atoms with Gasteiger partial charge in [-0.15, -0.1) is 0 Å². The Kier molecular flexibility index (Phi) is 2.83. The molecule has 3 rings (SSSR count). The average Bonchev–Trinajstić information content (AvgIpc) is 2.96. The van der Waals surface area contributed by atoms with Crippen molar-refractivity contribution < 1.29 is 4.74 Å². The van der Waals surface area contributed by atoms with Crippen molar-refractivity contribution in [1.29, 1.82) is 0 Å². The van der Waals surface area contributed by atoms with E-state index < -0.39 is 0 Å². The smallest absolute Gasteiger partial charge is 0.119 e. The Hall–Kier alpha value is -1.02. The summed E-state index contributed by atoms with van der Waals surface area (Å²) in [6, 6.07) is 8.50. The lowest BCUT2D eigenvalue weighted by Crippen LogP contribution is -2.20. The minimum Gasteiger partial charge on any atom is -0.494 e. The van der Waals surface area contributed by atoms with Crippen molar-refractivity contribution in [2.24, 2.45) is 23.5 Å². The first kappa shape index (κ1) is 11.1. The standard InChI is InChI=1S/C15H21NO/c1-2-17-14-5-3-4-10(9-14)15(16)13-7-11-6-12(11)8-13/h3-5,9,11-13,15H,2,6-8,16H2,1H3. The maximum Gasteiger partial charge on any atom is 0.119 e. The highest BCUT2D eigenvalue weighted by atomic mass is 16.5. The largest absolute Gasteiger partial charge is 0.494 e. The van der Waals surface area contributed by atoms with E-state index in [1.165, 1.54) is 24.8 Å². The summed E-state index contributed by atoms with van der Waals surface area (Å²) in [6.07, 6.45) is 4.14. The number of fused-ring (bicyclic) bond motifs is 1. The minimum atomic E-state index is 0.197. The zero-order valence-electron chi connectivity index (χ0n) is 10.4. The highest BCUT2D eigenvalue weighted by Gasteiger charge is 2.47. The summed E-state index contributed by atoms with van der Waals surface area (Å²) < 4.78 is 5.53. The van der Waals surface area contributed by atoms with Gasteiger partial charge in [0.2, 0.25) is 0 Å². The van der Waals surface area contributed by atoms with Crippen LogP contribution in [0.15, 0.2) is 24.3 Å². The summed E-state index contributed by atoms with van der Waals surface area (Å²) in [5.41, 5.74) is 7.63. The van der Waals surface area contributed by atoms with Crippen molar-refractivity contribution in [3.8, 4) is 5.75 Å². The van der Waals surface area contributed by atoms with Crippen LogP contribution in [-0.4, -0.2) is 6.61 Å². The lowest BCUT2D eigenvalue weighted by atomic mass is 9.90. The number of nitrogens with two attached hydrogens (primary N) is 1. The molecule has 0 aliphatic heterocycles. The molecule has 0 bridgehead atoms. The van der Waals surface area contributed by atoms with Gasteiger partial charge in [-0.25, -0.2) is 0 Å². The third kappa shape index (κ3) is 2.19. The summed E-state index contributed by atoms with van der Waals surface area (Å²) in [6.45, 7) is 2.73. The molecule has 0 aromatic heterocycles. The van der Waals surface area contributed by atoms with Crippen molar-refractivity contribution in [3.63, 3.8) is 0 Å². The summed E-state index contributed by atoms with van der Waals surface area (Å²) in [7, 11) is 0. The zero-order valence-corrected chi connectivity index (χ0v) is 10.4. The maximum atomic E-state index is 6.39. The molecule has 0 heterocycles. The van der Waals surface area contributed by atoms with E-state index in [1.54, 1.807) is 0 Å². The first-order valence-corrected chi connectivity index (χ1v) is 6.76. The number of ether oxygens (including phenoxy) is 1. The Bertz CT molecular complexity index is 394. The van der Waals surface area contributed by atoms with Crippen LogP contribution in [-0.2, 0) is 0 Å². The maximum absolute atomic E-state index is 6.39. The number of rotatable bonds is 4. The monoisotopic (exact) mass is 231 g/mol. The van der Waals surface area contributed by atoms with Gasteiger partial charge < -0.3 is 10.5 Å². The molecule has 2 fully saturated rings. The van der Waals surface area contributed by atoms with E-state index in [0.717, 1.165) is 17.6 Å². The molecule has 0 saturated heterocycles. The summed E-state index contributed by atoms with van der Waals surface area (Å²) in [5.74, 6) is 3.64. The van der Waals surface area contributed by atoms with Crippen molar-refractivity contribution in [1.82, 2.24) is 0 Å². The topological polar surface area (TPSA) is 35.2 Å². The van der Waals surface area contributed by atoms with Crippen LogP contribution in [0.3, 0.4) is 0 Å². The molecule has 3 unspecified atom stereocenters. The van der Waals surface area contributed by atoms with Crippen molar-refractivity contribution in [2.75, 3.05) is 6.61 Å². The van der Waals surface area contributed by atoms with Crippen LogP contribution in [0.25, 0.3) is 0 Å². The summed E-state index contributed by atoms with van der Waals surface area (Å²) in [4.78, 5) is 0. The molecule has 2 nitrogen and oxygen atoms in total. The summed E-state index contributed by atoms with van der Waals surface area (Å²) >= 11 is 0. The molecule has 0 amide bonds. The van der Waals surface area contributed by atoms with E-state index in [1.807, 2.05) is 13.0 Å². The highest BCUT2D eigenvalue weighted by molar-refractivity contribution is 5.31. The van der Waals surface area contributed by atoms with E-state index >= 15 is 0 Å². The molecule has 2 aliphatic rings. The molecule has 2 saturated carbocycles. The molecule has 0 spiro atoms. The molecule has 2 N–H and O–H groups in total. The molecule has 1 aromatic carbocycles. The van der Waals surface area contributed by atoms with E-state index in [0.29, 0.717) is 12.5 Å². The van der Waals surface area contributed by atoms with Gasteiger partial charge in [0.15, 0.2) is 0 Å². The fourth-order valence-electron chi connectivity index (χ4n) is 3.31. The molecule has 2 heteroatoms. The average molecular weight is 231 g/mol. The highest BCUT2D eigenvalue weighted by Crippen LogP contribution is 2.56. The molecule has 0 radical (unpaired) electrons. The third-order valence-electron chi connectivity index (χ3n) is 4.34. The van der Waals surface area contributed by atoms with Gasteiger partial charge in [-0.05, 0) is 61.6 Å². The quantitative estimate of drug-likeness (QED) is 0.864. The second-order valence-corrected chi connectivity index (χ2v) is 5.52. The molecular weight excluding hydrogens is 210 g/mol. The predicted molar refractivity (Wildman–Crippen MR) is 68.9 cm³/mol. The third-order valence-corrected chi connectivity index (χ3v) is 4.34. The second-order valence-electron chi connectivity index (χ2n) is 5.52. The van der Waals surface area contributed by atoms with Crippen LogP contribution in [0.4, 0.5) is 0 Å². The lowest BCUT2D eigenvalue weighted by molar-refractivity contribution is 0.338. The van der Waals surface area contributed by atoms with Crippen LogP contribution in [0.5, 0.6) is 5.75 Å². The van der Waals surface area contributed by atoms with Gasteiger partial charge in [-0.2, -0.15) is 0 Å². The molecule has 2 aliphatic carbocycles. The minimum absolute atomic E-state index is 0.197. The number of hydrogen-bond acceptors (Lipinski definition) is 2. The van der Waals surface area contributed by atoms with Gasteiger partial charge in [0.1, 0.15) is 5.75 Å². The normalized spacial score (nSPS) is 32.0. The summed E-state index contributed by atoms with van der Waals surface area (Å²) in [5, 5.41) is 0. The molecule has 1 aromatic rings. The lowest BCUT2D eigenvalue weighted by Gasteiger charge is -2.21. The first-order valence-electron chi connectivity index (χ1n) is 6.76. The van der Waals surface area contributed by atoms with Gasteiger partial charge in [-0.1, -0.05) is 12.1 Å². The molecule has 92 valence electrons. The van der Waals surface area contributed by atoms with Crippen molar-refractivity contribution >= 4 is 0 Å². The van der Waals surface area contributed by atoms with Crippen LogP contribution < -0.4 is 10.5 Å². The van der Waals surface area contributed by atoms with E-state index in [4.69, 9.17) is 10.5 Å². The zero-order chi connectivity index (χ0) is 11.8. The van der Waals surface area contributed by atoms with Crippen LogP contribution >= 0.6 is 0 Å². The Morgan fingerprint density at radius 3 is 2.76 bits per heavy atom. The van der Waals surface area contributed by atoms with Gasteiger partial charge in [0, 0.05) is 6.04 Å². The second kappa shape index (κ2) is 4.34. The Labute approximate surface area is 103 Å². The van der Waals surface area contributed by atoms with Crippen LogP contribution in [0.2, 0.25) is 0 Å². The van der Waals surface area contributed by atoms with Gasteiger partial charge in [-0.3, -0.25) is 0 Å². The van der Waals surface area contributed by atoms with E-state index in [9.17, 15) is 0 Å². The van der Waals surface area contributed by atoms with Crippen molar-refractivity contribution in [3.05, 3.63) is 29.8 Å². The fourth-order valence-corrected chi connectivity index (χ4v) is 3.31. The van der Waals surface area contributed by atoms with Gasteiger partial charge >= 0.3 is 0 Å². The Balaban J connectivity index is 1.71. The fraction of sp³-hybridized carbons (Fsp3) is 0.600. The SMILES string of the molecule is CCOc1cccc(C(N)C2CC3CC3C2)c1. The Morgan fingerprint density at radius 2 is 2.06 bits per heavy atom. The number of hydrogen-bond donors (Lipinski definition) is 1. The van der Waals surface area contributed by atoms with Gasteiger partial charge in [0.25, 0.3) is 0 Å². The predicted octanol–water partition coefficient (Wildman–Crippen LogP) is 3.13. The van der Waals surface area contributed by atoms with Crippen molar-refractivity contribution in [2.45, 2.75) is 32.2 Å².